The number of sulfone groups is 1. The highest BCUT2D eigenvalue weighted by atomic mass is 32.2. The van der Waals surface area contributed by atoms with E-state index in [4.69, 9.17) is 0 Å². The fourth-order valence-electron chi connectivity index (χ4n) is 2.00. The first-order valence-corrected chi connectivity index (χ1v) is 9.42. The minimum absolute atomic E-state index is 0.00701. The predicted octanol–water partition coefficient (Wildman–Crippen LogP) is 3.06. The molecule has 0 unspecified atom stereocenters. The quantitative estimate of drug-likeness (QED) is 0.784. The van der Waals surface area contributed by atoms with Gasteiger partial charge in [0.15, 0.2) is 9.84 Å². The second-order valence-corrected chi connectivity index (χ2v) is 8.66. The van der Waals surface area contributed by atoms with Crippen molar-refractivity contribution < 1.29 is 13.2 Å². The molecule has 1 rings (SSSR count). The third-order valence-electron chi connectivity index (χ3n) is 3.53. The van der Waals surface area contributed by atoms with Gasteiger partial charge in [0, 0.05) is 13.0 Å². The number of hydrogen-bond acceptors (Lipinski definition) is 3. The van der Waals surface area contributed by atoms with Crippen LogP contribution in [0, 0.1) is 0 Å². The molecule has 5 heteroatoms. The van der Waals surface area contributed by atoms with Gasteiger partial charge in [-0.05, 0) is 29.5 Å². The molecule has 4 nitrogen and oxygen atoms in total. The van der Waals surface area contributed by atoms with Crippen molar-refractivity contribution in [1.29, 1.82) is 0 Å². The maximum atomic E-state index is 12.2. The molecule has 124 valence electrons. The molecule has 0 saturated carbocycles. The Kier molecular flexibility index (Phi) is 6.60. The monoisotopic (exact) mass is 325 g/mol. The van der Waals surface area contributed by atoms with Crippen LogP contribution in [0.15, 0.2) is 29.2 Å². The molecule has 1 N–H and O–H groups in total. The maximum absolute atomic E-state index is 12.2. The smallest absolute Gasteiger partial charge is 0.221 e. The Balaban J connectivity index is 2.65. The first-order valence-electron chi connectivity index (χ1n) is 7.77. The van der Waals surface area contributed by atoms with Crippen LogP contribution in [0.2, 0.25) is 0 Å². The topological polar surface area (TPSA) is 63.2 Å². The summed E-state index contributed by atoms with van der Waals surface area (Å²) in [5, 5.41) is 2.73. The van der Waals surface area contributed by atoms with Crippen LogP contribution in [-0.4, -0.2) is 26.6 Å². The number of hydrogen-bond donors (Lipinski definition) is 1. The van der Waals surface area contributed by atoms with Crippen LogP contribution in [0.5, 0.6) is 0 Å². The molecule has 22 heavy (non-hydrogen) atoms. The van der Waals surface area contributed by atoms with E-state index >= 15 is 0 Å². The van der Waals surface area contributed by atoms with Gasteiger partial charge < -0.3 is 5.32 Å². The number of carbonyl (C=O) groups excluding carboxylic acids is 1. The molecular formula is C17H27NO3S. The van der Waals surface area contributed by atoms with E-state index in [1.165, 1.54) is 0 Å². The number of unbranched alkanes of at least 4 members (excludes halogenated alkanes) is 1. The molecule has 0 aliphatic rings. The molecule has 1 aromatic rings. The van der Waals surface area contributed by atoms with Gasteiger partial charge in [-0.2, -0.15) is 0 Å². The zero-order valence-electron chi connectivity index (χ0n) is 14.0. The van der Waals surface area contributed by atoms with Crippen molar-refractivity contribution in [2.24, 2.45) is 0 Å². The van der Waals surface area contributed by atoms with E-state index in [1.54, 1.807) is 12.1 Å². The van der Waals surface area contributed by atoms with E-state index in [0.29, 0.717) is 6.54 Å². The van der Waals surface area contributed by atoms with Gasteiger partial charge >= 0.3 is 0 Å². The SMILES string of the molecule is CCCCNC(=O)CCS(=O)(=O)c1ccc(C(C)(C)C)cc1. The minimum Gasteiger partial charge on any atom is -0.356 e. The van der Waals surface area contributed by atoms with Crippen LogP contribution in [0.3, 0.4) is 0 Å². The van der Waals surface area contributed by atoms with Gasteiger partial charge in [-0.1, -0.05) is 46.2 Å². The van der Waals surface area contributed by atoms with Crippen molar-refractivity contribution in [2.45, 2.75) is 57.3 Å². The Labute approximate surface area is 134 Å². The molecule has 0 aliphatic carbocycles. The van der Waals surface area contributed by atoms with E-state index in [1.807, 2.05) is 19.1 Å². The van der Waals surface area contributed by atoms with Gasteiger partial charge in [0.2, 0.25) is 5.91 Å². The number of nitrogens with one attached hydrogen (secondary N) is 1. The molecule has 0 spiro atoms. The third-order valence-corrected chi connectivity index (χ3v) is 5.26. The largest absolute Gasteiger partial charge is 0.356 e. The lowest BCUT2D eigenvalue weighted by molar-refractivity contribution is -0.120. The van der Waals surface area contributed by atoms with Crippen molar-refractivity contribution in [3.63, 3.8) is 0 Å². The number of carbonyl (C=O) groups is 1. The first-order chi connectivity index (χ1) is 10.2. The first kappa shape index (κ1) is 18.7. The Morgan fingerprint density at radius 3 is 2.23 bits per heavy atom. The Hall–Kier alpha value is -1.36. The summed E-state index contributed by atoms with van der Waals surface area (Å²) in [6, 6.07) is 6.94. The Morgan fingerprint density at radius 2 is 1.73 bits per heavy atom. The normalized spacial score (nSPS) is 12.2. The molecule has 0 heterocycles. The van der Waals surface area contributed by atoms with Gasteiger partial charge in [-0.15, -0.1) is 0 Å². The summed E-state index contributed by atoms with van der Waals surface area (Å²) in [4.78, 5) is 11.9. The molecule has 1 aromatic carbocycles. The van der Waals surface area contributed by atoms with Crippen LogP contribution in [-0.2, 0) is 20.0 Å². The average Bonchev–Trinajstić information content (AvgIpc) is 2.45. The lowest BCUT2D eigenvalue weighted by Gasteiger charge is -2.19. The summed E-state index contributed by atoms with van der Waals surface area (Å²) in [5.41, 5.74) is 1.07. The highest BCUT2D eigenvalue weighted by molar-refractivity contribution is 7.91. The van der Waals surface area contributed by atoms with E-state index in [-0.39, 0.29) is 28.4 Å². The van der Waals surface area contributed by atoms with Crippen LogP contribution in [0.1, 0.15) is 52.5 Å². The van der Waals surface area contributed by atoms with E-state index in [0.717, 1.165) is 18.4 Å². The predicted molar refractivity (Wildman–Crippen MR) is 89.7 cm³/mol. The second-order valence-electron chi connectivity index (χ2n) is 6.55. The third kappa shape index (κ3) is 5.79. The van der Waals surface area contributed by atoms with Gasteiger partial charge in [0.1, 0.15) is 0 Å². The van der Waals surface area contributed by atoms with E-state index in [9.17, 15) is 13.2 Å². The summed E-state index contributed by atoms with van der Waals surface area (Å²) in [7, 11) is -3.41. The lowest BCUT2D eigenvalue weighted by atomic mass is 9.87. The van der Waals surface area contributed by atoms with Crippen molar-refractivity contribution in [2.75, 3.05) is 12.3 Å². The summed E-state index contributed by atoms with van der Waals surface area (Å²) in [6.45, 7) is 8.89. The van der Waals surface area contributed by atoms with Crippen molar-refractivity contribution in [3.05, 3.63) is 29.8 Å². The number of amides is 1. The Bertz CT molecular complexity index is 583. The van der Waals surface area contributed by atoms with Gasteiger partial charge in [0.05, 0.1) is 10.6 Å². The Morgan fingerprint density at radius 1 is 1.14 bits per heavy atom. The van der Waals surface area contributed by atoms with E-state index in [2.05, 4.69) is 26.1 Å². The summed E-state index contributed by atoms with van der Waals surface area (Å²) < 4.78 is 24.5. The van der Waals surface area contributed by atoms with E-state index < -0.39 is 9.84 Å². The van der Waals surface area contributed by atoms with Gasteiger partial charge in [0.25, 0.3) is 0 Å². The van der Waals surface area contributed by atoms with Crippen LogP contribution < -0.4 is 5.32 Å². The minimum atomic E-state index is -3.41. The zero-order valence-corrected chi connectivity index (χ0v) is 14.8. The molecular weight excluding hydrogens is 298 g/mol. The molecule has 0 bridgehead atoms. The van der Waals surface area contributed by atoms with Crippen LogP contribution in [0.25, 0.3) is 0 Å². The standard InChI is InChI=1S/C17H27NO3S/c1-5-6-12-18-16(19)11-13-22(20,21)15-9-7-14(8-10-15)17(2,3)4/h7-10H,5-6,11-13H2,1-4H3,(H,18,19). The molecule has 0 radical (unpaired) electrons. The summed E-state index contributed by atoms with van der Waals surface area (Å²) in [5.74, 6) is -0.358. The molecule has 0 aliphatic heterocycles. The highest BCUT2D eigenvalue weighted by Gasteiger charge is 2.18. The zero-order chi connectivity index (χ0) is 16.8. The molecule has 0 saturated heterocycles. The van der Waals surface area contributed by atoms with Gasteiger partial charge in [-0.25, -0.2) is 8.42 Å². The fourth-order valence-corrected chi connectivity index (χ4v) is 3.24. The molecule has 0 fully saturated rings. The lowest BCUT2D eigenvalue weighted by Crippen LogP contribution is -2.26. The van der Waals surface area contributed by atoms with Gasteiger partial charge in [-0.3, -0.25) is 4.79 Å². The summed E-state index contributed by atoms with van der Waals surface area (Å²) in [6.07, 6.45) is 1.92. The molecule has 0 aromatic heterocycles. The van der Waals surface area contributed by atoms with Crippen molar-refractivity contribution in [1.82, 2.24) is 5.32 Å². The number of rotatable bonds is 7. The number of benzene rings is 1. The van der Waals surface area contributed by atoms with Crippen LogP contribution >= 0.6 is 0 Å². The summed E-state index contributed by atoms with van der Waals surface area (Å²) >= 11 is 0. The second kappa shape index (κ2) is 7.77. The van der Waals surface area contributed by atoms with Crippen molar-refractivity contribution in [3.8, 4) is 0 Å². The molecule has 1 amide bonds. The van der Waals surface area contributed by atoms with Crippen LogP contribution in [0.4, 0.5) is 0 Å². The maximum Gasteiger partial charge on any atom is 0.221 e. The molecule has 0 atom stereocenters. The highest BCUT2D eigenvalue weighted by Crippen LogP contribution is 2.23. The van der Waals surface area contributed by atoms with Crippen molar-refractivity contribution >= 4 is 15.7 Å². The average molecular weight is 325 g/mol. The fraction of sp³-hybridized carbons (Fsp3) is 0.588.